The second kappa shape index (κ2) is 4.19. The molecule has 1 aliphatic rings. The minimum Gasteiger partial charge on any atom is -0.461 e. The zero-order chi connectivity index (χ0) is 11.8. The van der Waals surface area contributed by atoms with Gasteiger partial charge in [0.2, 0.25) is 0 Å². The Morgan fingerprint density at radius 1 is 1.12 bits per heavy atom. The average molecular weight is 229 g/mol. The quantitative estimate of drug-likeness (QED) is 0.809. The summed E-state index contributed by atoms with van der Waals surface area (Å²) in [4.78, 5) is 0. The van der Waals surface area contributed by atoms with E-state index in [4.69, 9.17) is 4.42 Å². The van der Waals surface area contributed by atoms with Gasteiger partial charge in [0, 0.05) is 11.3 Å². The molecule has 0 unspecified atom stereocenters. The molecule has 0 spiro atoms. The maximum absolute atomic E-state index is 6.07. The van der Waals surface area contributed by atoms with Crippen LogP contribution < -0.4 is 5.32 Å². The van der Waals surface area contributed by atoms with Crippen molar-refractivity contribution in [3.05, 3.63) is 35.1 Å². The summed E-state index contributed by atoms with van der Waals surface area (Å²) in [6.45, 7) is 6.49. The lowest BCUT2D eigenvalue weighted by molar-refractivity contribution is 0.397. The minimum absolute atomic E-state index is 0.600. The number of hydrogen-bond donors (Lipinski definition) is 1. The fraction of sp³-hybridized carbons (Fsp3) is 0.467. The molecule has 0 radical (unpaired) electrons. The summed E-state index contributed by atoms with van der Waals surface area (Å²) in [5.74, 6) is 1.78. The predicted molar refractivity (Wildman–Crippen MR) is 70.5 cm³/mol. The summed E-state index contributed by atoms with van der Waals surface area (Å²) in [7, 11) is 0. The van der Waals surface area contributed by atoms with Gasteiger partial charge in [0.25, 0.3) is 0 Å². The molecule has 0 amide bonds. The van der Waals surface area contributed by atoms with Crippen LogP contribution >= 0.6 is 0 Å². The van der Waals surface area contributed by atoms with Gasteiger partial charge in [-0.15, -0.1) is 0 Å². The Morgan fingerprint density at radius 3 is 2.65 bits per heavy atom. The molecule has 1 N–H and O–H groups in total. The van der Waals surface area contributed by atoms with Crippen molar-refractivity contribution < 1.29 is 4.42 Å². The summed E-state index contributed by atoms with van der Waals surface area (Å²) in [5.41, 5.74) is 3.64. The van der Waals surface area contributed by atoms with E-state index in [-0.39, 0.29) is 0 Å². The van der Waals surface area contributed by atoms with Gasteiger partial charge >= 0.3 is 0 Å². The molecule has 0 atom stereocenters. The van der Waals surface area contributed by atoms with Crippen LogP contribution in [0.15, 0.2) is 22.6 Å². The monoisotopic (exact) mass is 229 g/mol. The fourth-order valence-electron chi connectivity index (χ4n) is 2.84. The molecule has 0 aliphatic carbocycles. The van der Waals surface area contributed by atoms with Gasteiger partial charge < -0.3 is 9.73 Å². The fourth-order valence-corrected chi connectivity index (χ4v) is 2.84. The molecule has 2 heteroatoms. The van der Waals surface area contributed by atoms with Crippen LogP contribution in [-0.2, 0) is 0 Å². The van der Waals surface area contributed by atoms with Crippen LogP contribution in [-0.4, -0.2) is 13.1 Å². The van der Waals surface area contributed by atoms with Crippen LogP contribution in [0.2, 0.25) is 0 Å². The minimum atomic E-state index is 0.600. The van der Waals surface area contributed by atoms with E-state index in [1.54, 1.807) is 0 Å². The third-order valence-corrected chi connectivity index (χ3v) is 3.71. The molecule has 0 bridgehead atoms. The van der Waals surface area contributed by atoms with E-state index < -0.39 is 0 Å². The molecule has 17 heavy (non-hydrogen) atoms. The first-order valence-corrected chi connectivity index (χ1v) is 6.45. The van der Waals surface area contributed by atoms with Gasteiger partial charge in [-0.1, -0.05) is 11.6 Å². The predicted octanol–water partition coefficient (Wildman–Crippen LogP) is 3.52. The standard InChI is InChI=1S/C15H19NO/c1-10-7-11(2)15-13(8-10)9-14(17-15)12-3-5-16-6-4-12/h7-9,12,16H,3-6H2,1-2H3. The van der Waals surface area contributed by atoms with Crippen molar-refractivity contribution in [1.29, 1.82) is 0 Å². The highest BCUT2D eigenvalue weighted by molar-refractivity contribution is 5.82. The summed E-state index contributed by atoms with van der Waals surface area (Å²) in [5, 5.41) is 4.66. The van der Waals surface area contributed by atoms with E-state index in [9.17, 15) is 0 Å². The Balaban J connectivity index is 2.03. The van der Waals surface area contributed by atoms with E-state index in [1.807, 2.05) is 0 Å². The highest BCUT2D eigenvalue weighted by Crippen LogP contribution is 2.32. The molecular weight excluding hydrogens is 210 g/mol. The number of benzene rings is 1. The lowest BCUT2D eigenvalue weighted by Crippen LogP contribution is -2.26. The van der Waals surface area contributed by atoms with Gasteiger partial charge in [-0.05, 0) is 57.5 Å². The van der Waals surface area contributed by atoms with Crippen LogP contribution in [0.3, 0.4) is 0 Å². The van der Waals surface area contributed by atoms with E-state index in [2.05, 4.69) is 37.4 Å². The molecule has 0 saturated carbocycles. The van der Waals surface area contributed by atoms with E-state index in [0.717, 1.165) is 18.7 Å². The lowest BCUT2D eigenvalue weighted by atomic mass is 9.95. The Labute approximate surface area is 102 Å². The second-order valence-corrected chi connectivity index (χ2v) is 5.17. The van der Waals surface area contributed by atoms with Crippen LogP contribution in [0, 0.1) is 13.8 Å². The van der Waals surface area contributed by atoms with Crippen molar-refractivity contribution in [3.8, 4) is 0 Å². The zero-order valence-electron chi connectivity index (χ0n) is 10.5. The van der Waals surface area contributed by atoms with Gasteiger partial charge in [-0.25, -0.2) is 0 Å². The highest BCUT2D eigenvalue weighted by Gasteiger charge is 2.19. The van der Waals surface area contributed by atoms with E-state index in [1.165, 1.54) is 35.1 Å². The van der Waals surface area contributed by atoms with Crippen molar-refractivity contribution in [3.63, 3.8) is 0 Å². The van der Waals surface area contributed by atoms with Gasteiger partial charge in [-0.2, -0.15) is 0 Å². The second-order valence-electron chi connectivity index (χ2n) is 5.17. The maximum Gasteiger partial charge on any atom is 0.137 e. The van der Waals surface area contributed by atoms with Gasteiger partial charge in [-0.3, -0.25) is 0 Å². The smallest absolute Gasteiger partial charge is 0.137 e. The molecule has 1 saturated heterocycles. The third-order valence-electron chi connectivity index (χ3n) is 3.71. The van der Waals surface area contributed by atoms with Crippen molar-refractivity contribution in [2.75, 3.05) is 13.1 Å². The Morgan fingerprint density at radius 2 is 1.88 bits per heavy atom. The summed E-state index contributed by atoms with van der Waals surface area (Å²) >= 11 is 0. The first-order valence-electron chi connectivity index (χ1n) is 6.45. The molecule has 3 rings (SSSR count). The van der Waals surface area contributed by atoms with E-state index >= 15 is 0 Å². The largest absolute Gasteiger partial charge is 0.461 e. The van der Waals surface area contributed by atoms with Gasteiger partial charge in [0.05, 0.1) is 0 Å². The van der Waals surface area contributed by atoms with Crippen molar-refractivity contribution in [1.82, 2.24) is 5.32 Å². The third kappa shape index (κ3) is 1.98. The number of aryl methyl sites for hydroxylation is 2. The average Bonchev–Trinajstić information content (AvgIpc) is 2.74. The zero-order valence-corrected chi connectivity index (χ0v) is 10.5. The number of piperidine rings is 1. The molecule has 1 fully saturated rings. The molecule has 2 aromatic rings. The van der Waals surface area contributed by atoms with Crippen LogP contribution in [0.25, 0.3) is 11.0 Å². The normalized spacial score (nSPS) is 17.8. The highest BCUT2D eigenvalue weighted by atomic mass is 16.3. The summed E-state index contributed by atoms with van der Waals surface area (Å²) in [6, 6.07) is 6.65. The molecule has 1 aromatic heterocycles. The number of rotatable bonds is 1. The molecule has 90 valence electrons. The number of fused-ring (bicyclic) bond motifs is 1. The molecule has 1 aromatic carbocycles. The first kappa shape index (κ1) is 10.8. The topological polar surface area (TPSA) is 25.2 Å². The molecular formula is C15H19NO. The first-order chi connectivity index (χ1) is 8.24. The Bertz CT molecular complexity index is 535. The maximum atomic E-state index is 6.07. The lowest BCUT2D eigenvalue weighted by Gasteiger charge is -2.20. The van der Waals surface area contributed by atoms with Crippen molar-refractivity contribution >= 4 is 11.0 Å². The molecule has 2 heterocycles. The molecule has 1 aliphatic heterocycles. The summed E-state index contributed by atoms with van der Waals surface area (Å²) in [6.07, 6.45) is 2.38. The number of furan rings is 1. The van der Waals surface area contributed by atoms with Crippen molar-refractivity contribution in [2.24, 2.45) is 0 Å². The van der Waals surface area contributed by atoms with Crippen LogP contribution in [0.1, 0.15) is 35.6 Å². The van der Waals surface area contributed by atoms with Gasteiger partial charge in [0.15, 0.2) is 0 Å². The van der Waals surface area contributed by atoms with Crippen LogP contribution in [0.4, 0.5) is 0 Å². The molecule has 2 nitrogen and oxygen atoms in total. The van der Waals surface area contributed by atoms with Crippen LogP contribution in [0.5, 0.6) is 0 Å². The van der Waals surface area contributed by atoms with E-state index in [0.29, 0.717) is 5.92 Å². The summed E-state index contributed by atoms with van der Waals surface area (Å²) < 4.78 is 6.07. The number of hydrogen-bond acceptors (Lipinski definition) is 2. The Hall–Kier alpha value is -1.28. The van der Waals surface area contributed by atoms with Gasteiger partial charge in [0.1, 0.15) is 11.3 Å². The van der Waals surface area contributed by atoms with Crippen molar-refractivity contribution in [2.45, 2.75) is 32.6 Å². The number of nitrogens with one attached hydrogen (secondary N) is 1. The Kier molecular flexibility index (Phi) is 2.67. The SMILES string of the molecule is Cc1cc(C)c2oc(C3CCNCC3)cc2c1.